The number of hydrogen-bond acceptors (Lipinski definition) is 3. The predicted molar refractivity (Wildman–Crippen MR) is 82.0 cm³/mol. The van der Waals surface area contributed by atoms with Crippen LogP contribution < -0.4 is 0 Å². The molecule has 0 unspecified atom stereocenters. The Morgan fingerprint density at radius 1 is 1.14 bits per heavy atom. The van der Waals surface area contributed by atoms with Crippen molar-refractivity contribution in [1.29, 1.82) is 0 Å². The molecule has 0 aliphatic heterocycles. The zero-order valence-corrected chi connectivity index (χ0v) is 12.0. The van der Waals surface area contributed by atoms with Gasteiger partial charge in [0.1, 0.15) is 12.4 Å². The van der Waals surface area contributed by atoms with Gasteiger partial charge in [-0.05, 0) is 25.1 Å². The number of para-hydroxylation sites is 1. The van der Waals surface area contributed by atoms with E-state index < -0.39 is 5.97 Å². The summed E-state index contributed by atoms with van der Waals surface area (Å²) in [6, 6.07) is 15.3. The minimum atomic E-state index is -0.482. The Kier molecular flexibility index (Phi) is 3.83. The average Bonchev–Trinajstić information content (AvgIpc) is 2.53. The molecule has 0 amide bonds. The summed E-state index contributed by atoms with van der Waals surface area (Å²) >= 11 is 0. The van der Waals surface area contributed by atoms with Gasteiger partial charge in [0.2, 0.25) is 0 Å². The standard InChI is InChI=1S/C18H14FNO2/c1-12-10-15(14-7-3-5-9-17(14)20-12)18(21)22-11-13-6-2-4-8-16(13)19/h2-10H,11H2,1H3. The van der Waals surface area contributed by atoms with Crippen LogP contribution in [0.3, 0.4) is 0 Å². The van der Waals surface area contributed by atoms with E-state index in [2.05, 4.69) is 4.98 Å². The maximum Gasteiger partial charge on any atom is 0.339 e. The topological polar surface area (TPSA) is 39.2 Å². The molecule has 3 nitrogen and oxygen atoms in total. The molecule has 0 saturated carbocycles. The van der Waals surface area contributed by atoms with Crippen LogP contribution >= 0.6 is 0 Å². The van der Waals surface area contributed by atoms with Gasteiger partial charge in [0.15, 0.2) is 0 Å². The van der Waals surface area contributed by atoms with Gasteiger partial charge >= 0.3 is 5.97 Å². The van der Waals surface area contributed by atoms with Gasteiger partial charge in [0, 0.05) is 16.6 Å². The number of rotatable bonds is 3. The number of halogens is 1. The maximum absolute atomic E-state index is 13.6. The van der Waals surface area contributed by atoms with E-state index >= 15 is 0 Å². The SMILES string of the molecule is Cc1cc(C(=O)OCc2ccccc2F)c2ccccc2n1. The molecule has 0 saturated heterocycles. The van der Waals surface area contributed by atoms with E-state index in [1.54, 1.807) is 24.3 Å². The lowest BCUT2D eigenvalue weighted by Gasteiger charge is -2.09. The van der Waals surface area contributed by atoms with Crippen molar-refractivity contribution in [3.05, 3.63) is 77.2 Å². The summed E-state index contributed by atoms with van der Waals surface area (Å²) in [4.78, 5) is 16.7. The van der Waals surface area contributed by atoms with Crippen LogP contribution in [0.4, 0.5) is 4.39 Å². The van der Waals surface area contributed by atoms with Crippen molar-refractivity contribution >= 4 is 16.9 Å². The number of esters is 1. The van der Waals surface area contributed by atoms with Crippen molar-refractivity contribution < 1.29 is 13.9 Å². The summed E-state index contributed by atoms with van der Waals surface area (Å²) in [5.74, 6) is -0.865. The third-order valence-corrected chi connectivity index (χ3v) is 3.38. The molecular formula is C18H14FNO2. The van der Waals surface area contributed by atoms with Crippen molar-refractivity contribution in [1.82, 2.24) is 4.98 Å². The van der Waals surface area contributed by atoms with Crippen molar-refractivity contribution in [3.63, 3.8) is 0 Å². The van der Waals surface area contributed by atoms with Crippen LogP contribution in [-0.2, 0) is 11.3 Å². The van der Waals surface area contributed by atoms with Crippen molar-refractivity contribution in [2.75, 3.05) is 0 Å². The van der Waals surface area contributed by atoms with E-state index in [1.807, 2.05) is 31.2 Å². The Morgan fingerprint density at radius 2 is 1.86 bits per heavy atom. The first-order valence-corrected chi connectivity index (χ1v) is 6.92. The number of carbonyl (C=O) groups is 1. The molecule has 0 spiro atoms. The van der Waals surface area contributed by atoms with Crippen molar-refractivity contribution in [2.45, 2.75) is 13.5 Å². The van der Waals surface area contributed by atoms with Gasteiger partial charge in [-0.1, -0.05) is 36.4 Å². The normalized spacial score (nSPS) is 10.6. The van der Waals surface area contributed by atoms with Crippen molar-refractivity contribution in [3.8, 4) is 0 Å². The van der Waals surface area contributed by atoms with Gasteiger partial charge in [-0.3, -0.25) is 4.98 Å². The number of fused-ring (bicyclic) bond motifs is 1. The monoisotopic (exact) mass is 295 g/mol. The highest BCUT2D eigenvalue weighted by Crippen LogP contribution is 2.20. The van der Waals surface area contributed by atoms with Crippen molar-refractivity contribution in [2.24, 2.45) is 0 Å². The highest BCUT2D eigenvalue weighted by molar-refractivity contribution is 6.03. The molecule has 0 bridgehead atoms. The van der Waals surface area contributed by atoms with Crippen LogP contribution in [-0.4, -0.2) is 11.0 Å². The quantitative estimate of drug-likeness (QED) is 0.685. The van der Waals surface area contributed by atoms with Crippen LogP contribution in [0, 0.1) is 12.7 Å². The van der Waals surface area contributed by atoms with E-state index in [4.69, 9.17) is 4.74 Å². The third kappa shape index (κ3) is 2.81. The van der Waals surface area contributed by atoms with E-state index in [0.29, 0.717) is 11.1 Å². The van der Waals surface area contributed by atoms with E-state index in [9.17, 15) is 9.18 Å². The lowest BCUT2D eigenvalue weighted by molar-refractivity contribution is 0.0471. The third-order valence-electron chi connectivity index (χ3n) is 3.38. The molecule has 22 heavy (non-hydrogen) atoms. The summed E-state index contributed by atoms with van der Waals surface area (Å²) in [7, 11) is 0. The second-order valence-corrected chi connectivity index (χ2v) is 5.00. The highest BCUT2D eigenvalue weighted by Gasteiger charge is 2.14. The zero-order valence-electron chi connectivity index (χ0n) is 12.0. The number of nitrogens with zero attached hydrogens (tertiary/aromatic N) is 1. The molecule has 0 aliphatic rings. The summed E-state index contributed by atoms with van der Waals surface area (Å²) in [5.41, 5.74) is 2.27. The maximum atomic E-state index is 13.6. The Labute approximate surface area is 127 Å². The molecule has 0 N–H and O–H groups in total. The summed E-state index contributed by atoms with van der Waals surface area (Å²) < 4.78 is 18.8. The Bertz CT molecular complexity index is 845. The van der Waals surface area contributed by atoms with E-state index in [1.165, 1.54) is 6.07 Å². The second-order valence-electron chi connectivity index (χ2n) is 5.00. The first-order chi connectivity index (χ1) is 10.6. The zero-order chi connectivity index (χ0) is 15.5. The Morgan fingerprint density at radius 3 is 2.68 bits per heavy atom. The molecule has 1 aromatic heterocycles. The molecular weight excluding hydrogens is 281 g/mol. The number of aryl methyl sites for hydroxylation is 1. The lowest BCUT2D eigenvalue weighted by Crippen LogP contribution is -2.08. The van der Waals surface area contributed by atoms with Crippen LogP contribution in [0.25, 0.3) is 10.9 Å². The summed E-state index contributed by atoms with van der Waals surface area (Å²) in [6.07, 6.45) is 0. The van der Waals surface area contributed by atoms with Crippen LogP contribution in [0.5, 0.6) is 0 Å². The molecule has 4 heteroatoms. The fourth-order valence-electron chi connectivity index (χ4n) is 2.31. The molecule has 0 atom stereocenters. The molecule has 0 fully saturated rings. The van der Waals surface area contributed by atoms with Crippen LogP contribution in [0.1, 0.15) is 21.6 Å². The smallest absolute Gasteiger partial charge is 0.339 e. The average molecular weight is 295 g/mol. The van der Waals surface area contributed by atoms with Gasteiger partial charge in [0.05, 0.1) is 11.1 Å². The molecule has 2 aromatic carbocycles. The van der Waals surface area contributed by atoms with Gasteiger partial charge in [-0.2, -0.15) is 0 Å². The van der Waals surface area contributed by atoms with E-state index in [0.717, 1.165) is 16.6 Å². The highest BCUT2D eigenvalue weighted by atomic mass is 19.1. The number of benzene rings is 2. The molecule has 3 aromatic rings. The molecule has 3 rings (SSSR count). The van der Waals surface area contributed by atoms with Gasteiger partial charge in [0.25, 0.3) is 0 Å². The number of carbonyl (C=O) groups excluding carboxylic acids is 1. The fourth-order valence-corrected chi connectivity index (χ4v) is 2.31. The number of aromatic nitrogens is 1. The molecule has 0 radical (unpaired) electrons. The number of hydrogen-bond donors (Lipinski definition) is 0. The number of pyridine rings is 1. The minimum absolute atomic E-state index is 0.0960. The largest absolute Gasteiger partial charge is 0.457 e. The number of ether oxygens (including phenoxy) is 1. The minimum Gasteiger partial charge on any atom is -0.457 e. The van der Waals surface area contributed by atoms with Crippen LogP contribution in [0.2, 0.25) is 0 Å². The Balaban J connectivity index is 1.88. The summed E-state index contributed by atoms with van der Waals surface area (Å²) in [5, 5.41) is 0.728. The first-order valence-electron chi connectivity index (χ1n) is 6.92. The van der Waals surface area contributed by atoms with E-state index in [-0.39, 0.29) is 12.4 Å². The fraction of sp³-hybridized carbons (Fsp3) is 0.111. The Hall–Kier alpha value is -2.75. The second kappa shape index (κ2) is 5.93. The molecule has 110 valence electrons. The van der Waals surface area contributed by atoms with Gasteiger partial charge in [-0.25, -0.2) is 9.18 Å². The summed E-state index contributed by atoms with van der Waals surface area (Å²) in [6.45, 7) is 1.72. The van der Waals surface area contributed by atoms with Gasteiger partial charge in [-0.15, -0.1) is 0 Å². The van der Waals surface area contributed by atoms with Gasteiger partial charge < -0.3 is 4.74 Å². The van der Waals surface area contributed by atoms with Crippen LogP contribution in [0.15, 0.2) is 54.6 Å². The lowest BCUT2D eigenvalue weighted by atomic mass is 10.1. The first kappa shape index (κ1) is 14.2. The predicted octanol–water partition coefficient (Wildman–Crippen LogP) is 4.04. The molecule has 0 aliphatic carbocycles. The molecule has 1 heterocycles.